The van der Waals surface area contributed by atoms with Crippen molar-refractivity contribution < 1.29 is 28.4 Å². The van der Waals surface area contributed by atoms with Gasteiger partial charge in [0, 0.05) is 6.92 Å². The molecular weight excluding hydrogens is 350 g/mol. The third kappa shape index (κ3) is 5.43. The predicted molar refractivity (Wildman–Crippen MR) is 86.8 cm³/mol. The van der Waals surface area contributed by atoms with Crippen LogP contribution >= 0.6 is 0 Å². The van der Waals surface area contributed by atoms with E-state index in [4.69, 9.17) is 25.8 Å². The first-order valence-electron chi connectivity index (χ1n) is 6.89. The molecule has 1 amide bonds. The maximum Gasteiger partial charge on any atom is 0.240 e. The topological polar surface area (TPSA) is 145 Å². The number of carbonyl (C=O) groups excluding carboxylic acids is 1. The first-order valence-corrected chi connectivity index (χ1v) is 6.89. The molecule has 8 nitrogen and oxygen atoms in total. The van der Waals surface area contributed by atoms with E-state index in [1.807, 2.05) is 0 Å². The Morgan fingerprint density at radius 3 is 2.31 bits per heavy atom. The number of hydrogen-bond donors (Lipinski definition) is 4. The molecule has 0 atom stereocenters. The molecule has 0 saturated carbocycles. The van der Waals surface area contributed by atoms with Crippen molar-refractivity contribution in [3.05, 3.63) is 53.6 Å². The smallest absolute Gasteiger partial charge is 0.240 e. The van der Waals surface area contributed by atoms with Crippen molar-refractivity contribution in [1.82, 2.24) is 10.6 Å². The molecule has 0 bridgehead atoms. The highest BCUT2D eigenvalue weighted by molar-refractivity contribution is 5.87. The largest absolute Gasteiger partial charge is 0.506 e. The Kier molecular flexibility index (Phi) is 7.47. The summed E-state index contributed by atoms with van der Waals surface area (Å²) in [6.45, 7) is 1.22. The Bertz CT molecular complexity index is 917. The summed E-state index contributed by atoms with van der Waals surface area (Å²) in [7, 11) is 0. The van der Waals surface area contributed by atoms with Crippen LogP contribution in [0.2, 0.25) is 0 Å². The van der Waals surface area contributed by atoms with E-state index in [1.54, 1.807) is 12.1 Å². The number of hydroxylamine groups is 1. The average molecular weight is 364 g/mol. The molecule has 0 fully saturated rings. The van der Waals surface area contributed by atoms with Crippen LogP contribution in [0.15, 0.2) is 40.9 Å². The van der Waals surface area contributed by atoms with Gasteiger partial charge >= 0.3 is 0 Å². The van der Waals surface area contributed by atoms with Crippen molar-refractivity contribution in [1.29, 1.82) is 5.26 Å². The number of nitrogens with one attached hydrogen (secondary N) is 1. The standard InChI is InChI=1S/C7H5FN2O.C7H4FNO.C2H5NO2/c8-4-2-1-3-5-6(4)7(9)10-11-5;8-6-2-1-3-7(10)5(6)4-9;1-2(4)3-5/h1-3H,(H2,9,10);1-3,10H;5H,1H3,(H,3,4). The number of nitrogens with zero attached hydrogens (tertiary/aromatic N) is 2. The number of nitrogens with two attached hydrogens (primary N) is 1. The maximum atomic E-state index is 12.9. The molecule has 1 heterocycles. The second-order valence-electron chi connectivity index (χ2n) is 4.59. The van der Waals surface area contributed by atoms with Crippen molar-refractivity contribution in [2.24, 2.45) is 0 Å². The van der Waals surface area contributed by atoms with Crippen LogP contribution in [0, 0.1) is 23.0 Å². The summed E-state index contributed by atoms with van der Waals surface area (Å²) in [5.74, 6) is -1.76. The van der Waals surface area contributed by atoms with Gasteiger partial charge in [-0.3, -0.25) is 10.0 Å². The lowest BCUT2D eigenvalue weighted by molar-refractivity contribution is -0.126. The highest BCUT2D eigenvalue weighted by atomic mass is 19.1. The molecule has 3 rings (SSSR count). The lowest BCUT2D eigenvalue weighted by Crippen LogP contribution is -2.12. The summed E-state index contributed by atoms with van der Waals surface area (Å²) in [4.78, 5) is 9.45. The summed E-state index contributed by atoms with van der Waals surface area (Å²) in [5, 5.41) is 28.3. The van der Waals surface area contributed by atoms with E-state index in [0.717, 1.165) is 6.07 Å². The second kappa shape index (κ2) is 9.55. The van der Waals surface area contributed by atoms with Crippen molar-refractivity contribution in [3.63, 3.8) is 0 Å². The van der Waals surface area contributed by atoms with Crippen LogP contribution in [0.4, 0.5) is 14.6 Å². The molecule has 26 heavy (non-hydrogen) atoms. The molecular formula is C16H14F2N4O4. The zero-order valence-corrected chi connectivity index (χ0v) is 13.4. The molecule has 0 aliphatic carbocycles. The fourth-order valence-electron chi connectivity index (χ4n) is 1.60. The van der Waals surface area contributed by atoms with Gasteiger partial charge < -0.3 is 15.4 Å². The molecule has 0 radical (unpaired) electrons. The molecule has 136 valence electrons. The number of aromatic hydroxyl groups is 1. The van der Waals surface area contributed by atoms with Crippen LogP contribution < -0.4 is 11.2 Å². The fraction of sp³-hybridized carbons (Fsp3) is 0.0625. The normalized spacial score (nSPS) is 9.19. The Hall–Kier alpha value is -3.71. The maximum absolute atomic E-state index is 12.9. The fourth-order valence-corrected chi connectivity index (χ4v) is 1.60. The molecule has 0 unspecified atom stereocenters. The summed E-state index contributed by atoms with van der Waals surface area (Å²) in [6.07, 6.45) is 0. The number of carbonyl (C=O) groups is 1. The Balaban J connectivity index is 0.000000210. The van der Waals surface area contributed by atoms with Crippen LogP contribution in [-0.2, 0) is 4.79 Å². The van der Waals surface area contributed by atoms with E-state index in [0.29, 0.717) is 5.58 Å². The number of phenolic OH excluding ortho intramolecular Hbond substituents is 1. The minimum Gasteiger partial charge on any atom is -0.506 e. The second-order valence-corrected chi connectivity index (χ2v) is 4.59. The van der Waals surface area contributed by atoms with E-state index in [9.17, 15) is 13.6 Å². The molecule has 10 heteroatoms. The first-order chi connectivity index (χ1) is 12.3. The number of nitrogen functional groups attached to an aromatic ring is 1. The molecule has 0 spiro atoms. The monoisotopic (exact) mass is 364 g/mol. The van der Waals surface area contributed by atoms with Gasteiger partial charge in [0.25, 0.3) is 0 Å². The zero-order valence-electron chi connectivity index (χ0n) is 13.4. The number of halogens is 2. The molecule has 2 aromatic carbocycles. The molecule has 5 N–H and O–H groups in total. The van der Waals surface area contributed by atoms with Gasteiger partial charge in [0.1, 0.15) is 34.4 Å². The van der Waals surface area contributed by atoms with Gasteiger partial charge in [0.05, 0.1) is 0 Å². The van der Waals surface area contributed by atoms with Crippen molar-refractivity contribution >= 4 is 22.7 Å². The lowest BCUT2D eigenvalue weighted by Gasteiger charge is -1.93. The lowest BCUT2D eigenvalue weighted by atomic mass is 10.2. The van der Waals surface area contributed by atoms with Gasteiger partial charge in [-0.1, -0.05) is 17.3 Å². The van der Waals surface area contributed by atoms with E-state index in [1.165, 1.54) is 36.7 Å². The highest BCUT2D eigenvalue weighted by Crippen LogP contribution is 2.22. The number of rotatable bonds is 0. The third-order valence-electron chi connectivity index (χ3n) is 2.73. The number of benzene rings is 2. The average Bonchev–Trinajstić information content (AvgIpc) is 2.99. The quantitative estimate of drug-likeness (QED) is 0.354. The van der Waals surface area contributed by atoms with Crippen molar-refractivity contribution in [3.8, 4) is 11.8 Å². The van der Waals surface area contributed by atoms with Crippen molar-refractivity contribution in [2.45, 2.75) is 6.92 Å². The number of amides is 1. The van der Waals surface area contributed by atoms with E-state index < -0.39 is 17.5 Å². The number of hydrogen-bond acceptors (Lipinski definition) is 7. The molecule has 0 aliphatic heterocycles. The van der Waals surface area contributed by atoms with Gasteiger partial charge in [0.15, 0.2) is 11.4 Å². The van der Waals surface area contributed by atoms with E-state index in [-0.39, 0.29) is 22.5 Å². The zero-order chi connectivity index (χ0) is 19.7. The van der Waals surface area contributed by atoms with Crippen LogP contribution in [-0.4, -0.2) is 21.4 Å². The molecule has 3 aromatic rings. The molecule has 0 aliphatic rings. The van der Waals surface area contributed by atoms with Gasteiger partial charge in [0.2, 0.25) is 5.91 Å². The Morgan fingerprint density at radius 2 is 1.85 bits per heavy atom. The Labute approximate surface area is 146 Å². The number of phenols is 1. The van der Waals surface area contributed by atoms with Crippen LogP contribution in [0.25, 0.3) is 11.0 Å². The summed E-state index contributed by atoms with van der Waals surface area (Å²) in [5.41, 5.74) is 6.80. The van der Waals surface area contributed by atoms with Crippen LogP contribution in [0.3, 0.4) is 0 Å². The third-order valence-corrected chi connectivity index (χ3v) is 2.73. The van der Waals surface area contributed by atoms with E-state index >= 15 is 0 Å². The highest BCUT2D eigenvalue weighted by Gasteiger charge is 2.08. The van der Waals surface area contributed by atoms with Gasteiger partial charge in [-0.2, -0.15) is 5.26 Å². The Morgan fingerprint density at radius 1 is 1.27 bits per heavy atom. The van der Waals surface area contributed by atoms with E-state index in [2.05, 4.69) is 5.16 Å². The number of aromatic nitrogens is 1. The van der Waals surface area contributed by atoms with Gasteiger partial charge in [-0.05, 0) is 24.3 Å². The minimum atomic E-state index is -0.692. The molecule has 1 aromatic heterocycles. The predicted octanol–water partition coefficient (Wildman–Crippen LogP) is 2.46. The number of fused-ring (bicyclic) bond motifs is 1. The SMILES string of the molecule is CC(=O)NO.N#Cc1c(O)cccc1F.Nc1noc2cccc(F)c12. The van der Waals surface area contributed by atoms with Crippen LogP contribution in [0.5, 0.6) is 5.75 Å². The summed E-state index contributed by atoms with van der Waals surface area (Å²) in [6, 6.07) is 9.74. The first kappa shape index (κ1) is 20.3. The van der Waals surface area contributed by atoms with Gasteiger partial charge in [-0.15, -0.1) is 0 Å². The number of anilines is 1. The van der Waals surface area contributed by atoms with Crippen LogP contribution in [0.1, 0.15) is 12.5 Å². The van der Waals surface area contributed by atoms with Crippen molar-refractivity contribution in [2.75, 3.05) is 5.73 Å². The minimum absolute atomic E-state index is 0.0955. The van der Waals surface area contributed by atoms with Gasteiger partial charge in [-0.25, -0.2) is 14.3 Å². The molecule has 0 saturated heterocycles. The summed E-state index contributed by atoms with van der Waals surface area (Å²) < 4.78 is 30.1. The number of nitriles is 1. The summed E-state index contributed by atoms with van der Waals surface area (Å²) >= 11 is 0.